The molecule has 2 aromatic heterocycles. The van der Waals surface area contributed by atoms with Crippen molar-refractivity contribution in [3.05, 3.63) is 70.2 Å². The number of nitrogens with zero attached hydrogens (tertiary/aromatic N) is 4. The molecule has 0 N–H and O–H groups in total. The zero-order valence-electron chi connectivity index (χ0n) is 17.7. The van der Waals surface area contributed by atoms with Crippen molar-refractivity contribution >= 4 is 39.8 Å². The predicted molar refractivity (Wildman–Crippen MR) is 125 cm³/mol. The summed E-state index contributed by atoms with van der Waals surface area (Å²) >= 11 is 2.87. The lowest BCUT2D eigenvalue weighted by molar-refractivity contribution is -0.115. The van der Waals surface area contributed by atoms with E-state index in [4.69, 9.17) is 4.42 Å². The zero-order valence-corrected chi connectivity index (χ0v) is 19.4. The van der Waals surface area contributed by atoms with Crippen LogP contribution in [-0.2, 0) is 10.5 Å². The van der Waals surface area contributed by atoms with Crippen LogP contribution in [0.15, 0.2) is 57.5 Å². The van der Waals surface area contributed by atoms with E-state index >= 15 is 0 Å². The highest BCUT2D eigenvalue weighted by Gasteiger charge is 2.20. The number of hydrogen-bond acceptors (Lipinski definition) is 7. The third-order valence-corrected chi connectivity index (χ3v) is 6.41. The van der Waals surface area contributed by atoms with Gasteiger partial charge in [-0.3, -0.25) is 9.69 Å². The van der Waals surface area contributed by atoms with Crippen LogP contribution >= 0.6 is 23.1 Å². The fourth-order valence-electron chi connectivity index (χ4n) is 3.15. The van der Waals surface area contributed by atoms with E-state index in [9.17, 15) is 4.79 Å². The lowest BCUT2D eigenvalue weighted by Gasteiger charge is -2.20. The maximum atomic E-state index is 12.4. The Labute approximate surface area is 189 Å². The number of thioether (sulfide) groups is 1. The summed E-state index contributed by atoms with van der Waals surface area (Å²) < 4.78 is 5.77. The molecule has 0 atom stereocenters. The van der Waals surface area contributed by atoms with Gasteiger partial charge < -0.3 is 4.42 Å². The van der Waals surface area contributed by atoms with Gasteiger partial charge in [-0.15, -0.1) is 21.5 Å². The van der Waals surface area contributed by atoms with Crippen molar-refractivity contribution < 1.29 is 9.21 Å². The molecule has 0 aliphatic carbocycles. The summed E-state index contributed by atoms with van der Waals surface area (Å²) in [5.41, 5.74) is 5.98. The first-order valence-corrected chi connectivity index (χ1v) is 11.6. The summed E-state index contributed by atoms with van der Waals surface area (Å²) in [6.45, 7) is 7.63. The first kappa shape index (κ1) is 21.3. The largest absolute Gasteiger partial charge is 0.411 e. The number of aryl methyl sites for hydroxylation is 3. The van der Waals surface area contributed by atoms with Gasteiger partial charge in [0.15, 0.2) is 5.13 Å². The van der Waals surface area contributed by atoms with Crippen molar-refractivity contribution in [2.75, 3.05) is 4.90 Å². The Bertz CT molecular complexity index is 1210. The molecule has 0 radical (unpaired) electrons. The molecule has 0 bridgehead atoms. The summed E-state index contributed by atoms with van der Waals surface area (Å²) in [4.78, 5) is 18.7. The number of amides is 1. The molecule has 6 nitrogen and oxygen atoms in total. The van der Waals surface area contributed by atoms with Crippen LogP contribution in [0, 0.1) is 20.8 Å². The van der Waals surface area contributed by atoms with E-state index in [1.807, 2.05) is 62.5 Å². The number of rotatable bonds is 6. The zero-order chi connectivity index (χ0) is 22.0. The highest BCUT2D eigenvalue weighted by Crippen LogP contribution is 2.33. The average Bonchev–Trinajstić information content (AvgIpc) is 3.38. The Morgan fingerprint density at radius 1 is 1.06 bits per heavy atom. The fraction of sp³-hybridized carbons (Fsp3) is 0.217. The minimum atomic E-state index is -0.0693. The van der Waals surface area contributed by atoms with E-state index in [0.29, 0.717) is 22.0 Å². The lowest BCUT2D eigenvalue weighted by Crippen LogP contribution is -2.23. The molecule has 4 rings (SSSR count). The van der Waals surface area contributed by atoms with Gasteiger partial charge in [-0.25, -0.2) is 4.98 Å². The van der Waals surface area contributed by atoms with Crippen LogP contribution in [0.25, 0.3) is 11.5 Å². The molecule has 4 aromatic rings. The second kappa shape index (κ2) is 9.03. The van der Waals surface area contributed by atoms with Crippen LogP contribution in [0.3, 0.4) is 0 Å². The average molecular weight is 451 g/mol. The summed E-state index contributed by atoms with van der Waals surface area (Å²) in [7, 11) is 0. The van der Waals surface area contributed by atoms with E-state index in [-0.39, 0.29) is 5.91 Å². The van der Waals surface area contributed by atoms with Gasteiger partial charge in [0.05, 0.1) is 11.4 Å². The highest BCUT2D eigenvalue weighted by molar-refractivity contribution is 7.98. The van der Waals surface area contributed by atoms with E-state index in [0.717, 1.165) is 28.1 Å². The topological polar surface area (TPSA) is 72.1 Å². The SMILES string of the molecule is CC(=O)N(c1nc(CSc2nnc(-c3ccc(C)cc3)o2)cs1)c1ccc(C)cc1C. The van der Waals surface area contributed by atoms with Crippen molar-refractivity contribution in [3.63, 3.8) is 0 Å². The van der Waals surface area contributed by atoms with Gasteiger partial charge in [0, 0.05) is 23.6 Å². The summed E-state index contributed by atoms with van der Waals surface area (Å²) in [5, 5.41) is 11.4. The molecule has 2 aromatic carbocycles. The fourth-order valence-corrected chi connectivity index (χ4v) is 4.79. The van der Waals surface area contributed by atoms with Crippen LogP contribution in [0.1, 0.15) is 29.3 Å². The summed E-state index contributed by atoms with van der Waals surface area (Å²) in [6, 6.07) is 14.0. The molecule has 0 saturated carbocycles. The highest BCUT2D eigenvalue weighted by atomic mass is 32.2. The van der Waals surface area contributed by atoms with Gasteiger partial charge in [0.2, 0.25) is 11.8 Å². The molecule has 0 aliphatic rings. The van der Waals surface area contributed by atoms with Gasteiger partial charge >= 0.3 is 0 Å². The first-order chi connectivity index (χ1) is 14.9. The number of carbonyl (C=O) groups excluding carboxylic acids is 1. The normalized spacial score (nSPS) is 11.0. The molecule has 0 spiro atoms. The Hall–Kier alpha value is -2.97. The number of thiazole rings is 1. The Morgan fingerprint density at radius 3 is 2.52 bits per heavy atom. The van der Waals surface area contributed by atoms with E-state index < -0.39 is 0 Å². The summed E-state index contributed by atoms with van der Waals surface area (Å²) in [5.74, 6) is 1.00. The second-order valence-corrected chi connectivity index (χ2v) is 9.06. The van der Waals surface area contributed by atoms with Crippen LogP contribution in [0.5, 0.6) is 0 Å². The minimum Gasteiger partial charge on any atom is -0.411 e. The maximum absolute atomic E-state index is 12.4. The van der Waals surface area contributed by atoms with E-state index in [1.165, 1.54) is 28.7 Å². The van der Waals surface area contributed by atoms with Gasteiger partial charge in [-0.05, 0) is 44.5 Å². The standard InChI is InChI=1S/C23H22N4O2S2/c1-14-5-8-18(9-6-14)21-25-26-23(29-21)31-13-19-12-30-22(24-19)27(17(4)28)20-10-7-15(2)11-16(20)3/h5-12H,13H2,1-4H3. The van der Waals surface area contributed by atoms with Crippen molar-refractivity contribution in [2.45, 2.75) is 38.7 Å². The minimum absolute atomic E-state index is 0.0693. The second-order valence-electron chi connectivity index (χ2n) is 7.29. The van der Waals surface area contributed by atoms with Crippen molar-refractivity contribution in [3.8, 4) is 11.5 Å². The smallest absolute Gasteiger partial charge is 0.277 e. The molecule has 2 heterocycles. The monoisotopic (exact) mass is 450 g/mol. The molecular formula is C23H22N4O2S2. The van der Waals surface area contributed by atoms with Crippen LogP contribution in [0.2, 0.25) is 0 Å². The molecule has 0 unspecified atom stereocenters. The quantitative estimate of drug-likeness (QED) is 0.331. The maximum Gasteiger partial charge on any atom is 0.277 e. The molecule has 31 heavy (non-hydrogen) atoms. The van der Waals surface area contributed by atoms with Gasteiger partial charge in [-0.1, -0.05) is 47.2 Å². The number of anilines is 2. The molecular weight excluding hydrogens is 428 g/mol. The molecule has 0 saturated heterocycles. The third-order valence-electron chi connectivity index (χ3n) is 4.69. The van der Waals surface area contributed by atoms with Crippen molar-refractivity contribution in [2.24, 2.45) is 0 Å². The van der Waals surface area contributed by atoms with Crippen LogP contribution in [-0.4, -0.2) is 21.1 Å². The predicted octanol–water partition coefficient (Wildman–Crippen LogP) is 6.10. The number of carbonyl (C=O) groups is 1. The number of benzene rings is 2. The number of aromatic nitrogens is 3. The first-order valence-electron chi connectivity index (χ1n) is 9.76. The van der Waals surface area contributed by atoms with Crippen molar-refractivity contribution in [1.29, 1.82) is 0 Å². The Morgan fingerprint density at radius 2 is 1.81 bits per heavy atom. The molecule has 1 amide bonds. The molecule has 0 aliphatic heterocycles. The Balaban J connectivity index is 1.47. The van der Waals surface area contributed by atoms with Gasteiger partial charge in [-0.2, -0.15) is 0 Å². The summed E-state index contributed by atoms with van der Waals surface area (Å²) in [6.07, 6.45) is 0. The van der Waals surface area contributed by atoms with Gasteiger partial charge in [0.25, 0.3) is 5.22 Å². The van der Waals surface area contributed by atoms with E-state index in [2.05, 4.69) is 21.2 Å². The van der Waals surface area contributed by atoms with Gasteiger partial charge in [0.1, 0.15) is 0 Å². The third kappa shape index (κ3) is 4.86. The molecule has 8 heteroatoms. The molecule has 0 fully saturated rings. The lowest BCUT2D eigenvalue weighted by atomic mass is 10.1. The Kier molecular flexibility index (Phi) is 6.20. The van der Waals surface area contributed by atoms with Crippen LogP contribution in [0.4, 0.5) is 10.8 Å². The van der Waals surface area contributed by atoms with Crippen LogP contribution < -0.4 is 4.90 Å². The molecule has 158 valence electrons. The van der Waals surface area contributed by atoms with E-state index in [1.54, 1.807) is 11.8 Å². The number of hydrogen-bond donors (Lipinski definition) is 0. The van der Waals surface area contributed by atoms with Crippen molar-refractivity contribution in [1.82, 2.24) is 15.2 Å².